The van der Waals surface area contributed by atoms with E-state index < -0.39 is 17.7 Å². The Morgan fingerprint density at radius 1 is 1.03 bits per heavy atom. The molecule has 1 amide bonds. The predicted octanol–water partition coefficient (Wildman–Crippen LogP) is 4.50. The van der Waals surface area contributed by atoms with Gasteiger partial charge in [-0.1, -0.05) is 31.2 Å². The van der Waals surface area contributed by atoms with E-state index in [9.17, 15) is 14.7 Å². The fraction of sp³-hybridized carbons (Fsp3) is 0.160. The first-order chi connectivity index (χ1) is 15.1. The third-order valence-electron chi connectivity index (χ3n) is 5.08. The molecule has 6 nitrogen and oxygen atoms in total. The Kier molecular flexibility index (Phi) is 5.80. The molecule has 1 aromatic heterocycles. The highest BCUT2D eigenvalue weighted by atomic mass is 16.5. The molecule has 6 heteroatoms. The fourth-order valence-electron chi connectivity index (χ4n) is 3.62. The van der Waals surface area contributed by atoms with Crippen molar-refractivity contribution in [2.75, 3.05) is 11.5 Å². The number of aromatic nitrogens is 1. The molecule has 1 N–H and O–H groups in total. The summed E-state index contributed by atoms with van der Waals surface area (Å²) in [6, 6.07) is 18.5. The van der Waals surface area contributed by atoms with Crippen molar-refractivity contribution in [3.63, 3.8) is 0 Å². The molecule has 0 radical (unpaired) electrons. The molecule has 1 fully saturated rings. The van der Waals surface area contributed by atoms with Gasteiger partial charge in [-0.15, -0.1) is 0 Å². The standard InChI is InChI=1S/C25H22N2O4/c1-2-15-31-20-12-10-17(11-13-20)23(28)21-22(18-7-6-14-26-16-18)27(25(30)24(21)29)19-8-4-3-5-9-19/h3-14,16,22,28H,2,15H2,1H3/b23-21-. The Balaban J connectivity index is 1.82. The van der Waals surface area contributed by atoms with E-state index in [0.717, 1.165) is 6.42 Å². The van der Waals surface area contributed by atoms with Gasteiger partial charge in [-0.05, 0) is 54.4 Å². The smallest absolute Gasteiger partial charge is 0.300 e. The van der Waals surface area contributed by atoms with Crippen molar-refractivity contribution in [2.45, 2.75) is 19.4 Å². The number of amides is 1. The van der Waals surface area contributed by atoms with Gasteiger partial charge in [-0.3, -0.25) is 19.5 Å². The van der Waals surface area contributed by atoms with E-state index in [-0.39, 0.29) is 11.3 Å². The number of benzene rings is 2. The summed E-state index contributed by atoms with van der Waals surface area (Å²) in [7, 11) is 0. The molecule has 3 aromatic rings. The van der Waals surface area contributed by atoms with Gasteiger partial charge in [0.25, 0.3) is 11.7 Å². The van der Waals surface area contributed by atoms with Gasteiger partial charge in [-0.2, -0.15) is 0 Å². The molecule has 156 valence electrons. The van der Waals surface area contributed by atoms with Crippen molar-refractivity contribution in [2.24, 2.45) is 0 Å². The van der Waals surface area contributed by atoms with Crippen LogP contribution in [0.15, 0.2) is 84.7 Å². The Morgan fingerprint density at radius 3 is 2.42 bits per heavy atom. The number of aliphatic hydroxyl groups is 1. The van der Waals surface area contributed by atoms with Crippen LogP contribution in [-0.4, -0.2) is 28.4 Å². The molecule has 0 spiro atoms. The highest BCUT2D eigenvalue weighted by Gasteiger charge is 2.47. The largest absolute Gasteiger partial charge is 0.507 e. The van der Waals surface area contributed by atoms with Crippen LogP contribution >= 0.6 is 0 Å². The summed E-state index contributed by atoms with van der Waals surface area (Å²) < 4.78 is 5.58. The Labute approximate surface area is 180 Å². The van der Waals surface area contributed by atoms with E-state index in [1.165, 1.54) is 4.90 Å². The zero-order valence-electron chi connectivity index (χ0n) is 17.1. The minimum atomic E-state index is -0.785. The van der Waals surface area contributed by atoms with E-state index in [2.05, 4.69) is 4.98 Å². The zero-order valence-corrected chi connectivity index (χ0v) is 17.1. The first-order valence-electron chi connectivity index (χ1n) is 10.1. The molecule has 0 aliphatic carbocycles. The topological polar surface area (TPSA) is 79.7 Å². The van der Waals surface area contributed by atoms with Gasteiger partial charge in [-0.25, -0.2) is 0 Å². The number of carbonyl (C=O) groups excluding carboxylic acids is 2. The number of hydrogen-bond acceptors (Lipinski definition) is 5. The van der Waals surface area contributed by atoms with Gasteiger partial charge in [0.2, 0.25) is 0 Å². The maximum Gasteiger partial charge on any atom is 0.300 e. The number of anilines is 1. The van der Waals surface area contributed by atoms with Crippen LogP contribution in [0.2, 0.25) is 0 Å². The van der Waals surface area contributed by atoms with E-state index in [1.807, 2.05) is 13.0 Å². The van der Waals surface area contributed by atoms with Crippen molar-refractivity contribution in [1.82, 2.24) is 4.98 Å². The molecule has 0 saturated carbocycles. The molecular weight excluding hydrogens is 392 g/mol. The van der Waals surface area contributed by atoms with E-state index in [4.69, 9.17) is 4.74 Å². The molecule has 1 aliphatic heterocycles. The number of hydrogen-bond donors (Lipinski definition) is 1. The average Bonchev–Trinajstić information content (AvgIpc) is 3.09. The van der Waals surface area contributed by atoms with Crippen LogP contribution in [0, 0.1) is 0 Å². The van der Waals surface area contributed by atoms with Crippen molar-refractivity contribution < 1.29 is 19.4 Å². The maximum atomic E-state index is 13.0. The summed E-state index contributed by atoms with van der Waals surface area (Å²) in [6.45, 7) is 2.61. The van der Waals surface area contributed by atoms with Crippen LogP contribution < -0.4 is 9.64 Å². The number of nitrogens with zero attached hydrogens (tertiary/aromatic N) is 2. The number of rotatable bonds is 6. The minimum Gasteiger partial charge on any atom is -0.507 e. The molecule has 1 unspecified atom stereocenters. The number of carbonyl (C=O) groups is 2. The predicted molar refractivity (Wildman–Crippen MR) is 118 cm³/mol. The lowest BCUT2D eigenvalue weighted by atomic mass is 9.96. The highest BCUT2D eigenvalue weighted by molar-refractivity contribution is 6.51. The summed E-state index contributed by atoms with van der Waals surface area (Å²) in [5.41, 5.74) is 1.67. The summed E-state index contributed by atoms with van der Waals surface area (Å²) in [6.07, 6.45) is 4.10. The second-order valence-electron chi connectivity index (χ2n) is 7.16. The van der Waals surface area contributed by atoms with Crippen LogP contribution in [0.5, 0.6) is 5.75 Å². The maximum absolute atomic E-state index is 13.0. The van der Waals surface area contributed by atoms with Crippen LogP contribution in [0.3, 0.4) is 0 Å². The molecule has 2 aromatic carbocycles. The number of para-hydroxylation sites is 1. The van der Waals surface area contributed by atoms with Crippen molar-refractivity contribution in [3.05, 3.63) is 95.8 Å². The van der Waals surface area contributed by atoms with Crippen LogP contribution in [0.25, 0.3) is 5.76 Å². The van der Waals surface area contributed by atoms with Crippen molar-refractivity contribution >= 4 is 23.1 Å². The van der Waals surface area contributed by atoms with Gasteiger partial charge >= 0.3 is 0 Å². The molecule has 0 bridgehead atoms. The summed E-state index contributed by atoms with van der Waals surface area (Å²) in [5.74, 6) is -0.981. The number of ketones is 1. The quantitative estimate of drug-likeness (QED) is 0.365. The first-order valence-corrected chi connectivity index (χ1v) is 10.1. The lowest BCUT2D eigenvalue weighted by molar-refractivity contribution is -0.132. The molecule has 2 heterocycles. The van der Waals surface area contributed by atoms with Gasteiger partial charge in [0.15, 0.2) is 0 Å². The van der Waals surface area contributed by atoms with Crippen LogP contribution in [0.4, 0.5) is 5.69 Å². The lowest BCUT2D eigenvalue weighted by Crippen LogP contribution is -2.29. The molecular formula is C25H22N2O4. The summed E-state index contributed by atoms with van der Waals surface area (Å²) in [4.78, 5) is 31.6. The summed E-state index contributed by atoms with van der Waals surface area (Å²) in [5, 5.41) is 11.1. The van der Waals surface area contributed by atoms with Gasteiger partial charge in [0.05, 0.1) is 18.2 Å². The van der Waals surface area contributed by atoms with Crippen LogP contribution in [-0.2, 0) is 9.59 Å². The van der Waals surface area contributed by atoms with Gasteiger partial charge < -0.3 is 9.84 Å². The Morgan fingerprint density at radius 2 is 1.77 bits per heavy atom. The number of Topliss-reactive ketones (excluding diaryl/α,β-unsaturated/α-hetero) is 1. The van der Waals surface area contributed by atoms with Crippen molar-refractivity contribution in [3.8, 4) is 5.75 Å². The zero-order chi connectivity index (χ0) is 21.8. The normalized spacial score (nSPS) is 17.7. The fourth-order valence-corrected chi connectivity index (χ4v) is 3.62. The van der Waals surface area contributed by atoms with E-state index in [0.29, 0.717) is 29.2 Å². The lowest BCUT2D eigenvalue weighted by Gasteiger charge is -2.25. The van der Waals surface area contributed by atoms with E-state index in [1.54, 1.807) is 73.1 Å². The Bertz CT molecular complexity index is 1110. The molecule has 1 aliphatic rings. The molecule has 4 rings (SSSR count). The monoisotopic (exact) mass is 414 g/mol. The third kappa shape index (κ3) is 3.92. The number of aliphatic hydroxyl groups excluding tert-OH is 1. The minimum absolute atomic E-state index is 0.0316. The Hall–Kier alpha value is -3.93. The van der Waals surface area contributed by atoms with Crippen LogP contribution in [0.1, 0.15) is 30.5 Å². The second-order valence-corrected chi connectivity index (χ2v) is 7.16. The second kappa shape index (κ2) is 8.83. The first kappa shape index (κ1) is 20.3. The average molecular weight is 414 g/mol. The van der Waals surface area contributed by atoms with Gasteiger partial charge in [0, 0.05) is 23.6 Å². The number of pyridine rings is 1. The molecule has 1 saturated heterocycles. The third-order valence-corrected chi connectivity index (χ3v) is 5.08. The van der Waals surface area contributed by atoms with Crippen molar-refractivity contribution in [1.29, 1.82) is 0 Å². The summed E-state index contributed by atoms with van der Waals surface area (Å²) >= 11 is 0. The molecule has 1 atom stereocenters. The number of ether oxygens (including phenoxy) is 1. The van der Waals surface area contributed by atoms with E-state index >= 15 is 0 Å². The highest BCUT2D eigenvalue weighted by Crippen LogP contribution is 2.41. The molecule has 31 heavy (non-hydrogen) atoms. The SMILES string of the molecule is CCCOc1ccc(/C(O)=C2/C(=O)C(=O)N(c3ccccc3)C2c2cccnc2)cc1. The van der Waals surface area contributed by atoms with Gasteiger partial charge in [0.1, 0.15) is 11.5 Å².